The Morgan fingerprint density at radius 3 is 2.53 bits per heavy atom. The molecule has 2 nitrogen and oxygen atoms in total. The molecule has 0 radical (unpaired) electrons. The van der Waals surface area contributed by atoms with Crippen molar-refractivity contribution >= 4 is 22.6 Å². The molecule has 1 aromatic rings. The molecule has 19 heavy (non-hydrogen) atoms. The summed E-state index contributed by atoms with van der Waals surface area (Å²) >= 11 is 1.83. The molecular formula is C16H24N2S. The Morgan fingerprint density at radius 2 is 1.95 bits per heavy atom. The number of anilines is 1. The molecule has 3 heteroatoms. The van der Waals surface area contributed by atoms with Gasteiger partial charge in [-0.3, -0.25) is 4.99 Å². The number of amidine groups is 1. The van der Waals surface area contributed by atoms with Crippen molar-refractivity contribution in [1.29, 1.82) is 0 Å². The highest BCUT2D eigenvalue weighted by Gasteiger charge is 2.27. The maximum atomic E-state index is 4.86. The van der Waals surface area contributed by atoms with E-state index in [4.69, 9.17) is 4.99 Å². The van der Waals surface area contributed by atoms with Crippen LogP contribution < -0.4 is 5.32 Å². The van der Waals surface area contributed by atoms with Crippen LogP contribution in [0.25, 0.3) is 0 Å². The number of aliphatic imine (C=N–C) groups is 1. The fourth-order valence-corrected chi connectivity index (χ4v) is 3.08. The molecule has 2 rings (SSSR count). The number of nitrogens with one attached hydrogen (secondary N) is 1. The van der Waals surface area contributed by atoms with Gasteiger partial charge in [0.15, 0.2) is 5.17 Å². The van der Waals surface area contributed by atoms with Crippen molar-refractivity contribution in [2.24, 2.45) is 10.4 Å². The topological polar surface area (TPSA) is 24.4 Å². The minimum absolute atomic E-state index is 0.250. The number of rotatable bonds is 2. The molecule has 1 unspecified atom stereocenters. The third-order valence-electron chi connectivity index (χ3n) is 3.52. The van der Waals surface area contributed by atoms with E-state index in [1.165, 1.54) is 12.0 Å². The summed E-state index contributed by atoms with van der Waals surface area (Å²) in [5.74, 6) is 1.15. The molecule has 1 aliphatic rings. The number of hydrogen-bond donors (Lipinski definition) is 1. The lowest BCUT2D eigenvalue weighted by Crippen LogP contribution is -2.30. The van der Waals surface area contributed by atoms with Crippen molar-refractivity contribution in [2.45, 2.75) is 46.6 Å². The SMILES string of the molecule is CCc1ccc(NC2=NC(C(C)(C)C)CCS2)cc1. The third kappa shape index (κ3) is 4.00. The molecule has 0 spiro atoms. The highest BCUT2D eigenvalue weighted by atomic mass is 32.2. The van der Waals surface area contributed by atoms with E-state index >= 15 is 0 Å². The van der Waals surface area contributed by atoms with Crippen LogP contribution in [0.15, 0.2) is 29.3 Å². The molecule has 1 atom stereocenters. The van der Waals surface area contributed by atoms with E-state index in [0.29, 0.717) is 6.04 Å². The van der Waals surface area contributed by atoms with Gasteiger partial charge in [0.25, 0.3) is 0 Å². The monoisotopic (exact) mass is 276 g/mol. The molecule has 0 bridgehead atoms. The Labute approximate surface area is 121 Å². The average Bonchev–Trinajstić information content (AvgIpc) is 2.39. The molecule has 0 aliphatic carbocycles. The Kier molecular flexibility index (Phi) is 4.56. The highest BCUT2D eigenvalue weighted by Crippen LogP contribution is 2.31. The molecule has 0 saturated carbocycles. The lowest BCUT2D eigenvalue weighted by Gasteiger charge is -2.31. The van der Waals surface area contributed by atoms with Gasteiger partial charge in [0.05, 0.1) is 6.04 Å². The van der Waals surface area contributed by atoms with Crippen LogP contribution in [-0.4, -0.2) is 17.0 Å². The van der Waals surface area contributed by atoms with E-state index in [2.05, 4.69) is 57.3 Å². The molecule has 0 aromatic heterocycles. The number of hydrogen-bond acceptors (Lipinski definition) is 3. The summed E-state index contributed by atoms with van der Waals surface area (Å²) in [6.45, 7) is 8.98. The van der Waals surface area contributed by atoms with Crippen LogP contribution in [0.3, 0.4) is 0 Å². The van der Waals surface area contributed by atoms with Crippen molar-refractivity contribution < 1.29 is 0 Å². The van der Waals surface area contributed by atoms with E-state index in [9.17, 15) is 0 Å². The van der Waals surface area contributed by atoms with E-state index in [-0.39, 0.29) is 5.41 Å². The van der Waals surface area contributed by atoms with Crippen LogP contribution in [0.2, 0.25) is 0 Å². The van der Waals surface area contributed by atoms with Gasteiger partial charge in [0.2, 0.25) is 0 Å². The first-order valence-corrected chi connectivity index (χ1v) is 8.04. The molecule has 0 saturated heterocycles. The van der Waals surface area contributed by atoms with Gasteiger partial charge in [-0.05, 0) is 36.0 Å². The summed E-state index contributed by atoms with van der Waals surface area (Å²) in [4.78, 5) is 4.86. The summed E-state index contributed by atoms with van der Waals surface area (Å²) in [6, 6.07) is 9.06. The van der Waals surface area contributed by atoms with Crippen LogP contribution in [0, 0.1) is 5.41 Å². The van der Waals surface area contributed by atoms with Crippen LogP contribution in [0.4, 0.5) is 5.69 Å². The van der Waals surface area contributed by atoms with Crippen molar-refractivity contribution in [1.82, 2.24) is 0 Å². The van der Waals surface area contributed by atoms with Crippen LogP contribution in [0.1, 0.15) is 39.7 Å². The van der Waals surface area contributed by atoms with Crippen molar-refractivity contribution in [2.75, 3.05) is 11.1 Å². The van der Waals surface area contributed by atoms with E-state index < -0.39 is 0 Å². The van der Waals surface area contributed by atoms with Crippen molar-refractivity contribution in [3.63, 3.8) is 0 Å². The Morgan fingerprint density at radius 1 is 1.26 bits per heavy atom. The normalized spacial score (nSPS) is 20.0. The van der Waals surface area contributed by atoms with E-state index in [1.807, 2.05) is 11.8 Å². The first kappa shape index (κ1) is 14.4. The van der Waals surface area contributed by atoms with Gasteiger partial charge in [-0.25, -0.2) is 0 Å². The van der Waals surface area contributed by atoms with Gasteiger partial charge < -0.3 is 5.32 Å². The number of nitrogens with zero attached hydrogens (tertiary/aromatic N) is 1. The number of thioether (sulfide) groups is 1. The minimum Gasteiger partial charge on any atom is -0.335 e. The second-order valence-electron chi connectivity index (χ2n) is 6.13. The van der Waals surface area contributed by atoms with Gasteiger partial charge in [-0.1, -0.05) is 51.6 Å². The second kappa shape index (κ2) is 6.00. The molecular weight excluding hydrogens is 252 g/mol. The third-order valence-corrected chi connectivity index (χ3v) is 4.44. The highest BCUT2D eigenvalue weighted by molar-refractivity contribution is 8.14. The maximum absolute atomic E-state index is 4.86. The zero-order chi connectivity index (χ0) is 13.9. The van der Waals surface area contributed by atoms with E-state index in [0.717, 1.165) is 23.0 Å². The Bertz CT molecular complexity index is 443. The second-order valence-corrected chi connectivity index (χ2v) is 7.21. The lowest BCUT2D eigenvalue weighted by molar-refractivity contribution is 0.316. The zero-order valence-corrected chi connectivity index (χ0v) is 13.2. The first-order chi connectivity index (χ1) is 8.99. The minimum atomic E-state index is 0.250. The smallest absolute Gasteiger partial charge is 0.161 e. The molecule has 0 fully saturated rings. The number of aryl methyl sites for hydroxylation is 1. The first-order valence-electron chi connectivity index (χ1n) is 7.05. The summed E-state index contributed by atoms with van der Waals surface area (Å²) in [5, 5.41) is 4.51. The van der Waals surface area contributed by atoms with Gasteiger partial charge in [-0.2, -0.15) is 0 Å². The van der Waals surface area contributed by atoms with Gasteiger partial charge in [0, 0.05) is 11.4 Å². The van der Waals surface area contributed by atoms with Crippen molar-refractivity contribution in [3.05, 3.63) is 29.8 Å². The predicted molar refractivity (Wildman–Crippen MR) is 87.2 cm³/mol. The summed E-state index contributed by atoms with van der Waals surface area (Å²) in [5.41, 5.74) is 2.76. The molecule has 0 amide bonds. The molecule has 1 N–H and O–H groups in total. The molecule has 1 aromatic carbocycles. The predicted octanol–water partition coefficient (Wildman–Crippen LogP) is 4.57. The maximum Gasteiger partial charge on any atom is 0.161 e. The standard InChI is InChI=1S/C16H24N2S/c1-5-12-6-8-13(9-7-12)17-15-18-14(10-11-19-15)16(2,3)4/h6-9,14H,5,10-11H2,1-4H3,(H,17,18). The molecule has 1 heterocycles. The van der Waals surface area contributed by atoms with Crippen molar-refractivity contribution in [3.8, 4) is 0 Å². The summed E-state index contributed by atoms with van der Waals surface area (Å²) < 4.78 is 0. The van der Waals surface area contributed by atoms with Crippen LogP contribution in [0.5, 0.6) is 0 Å². The quantitative estimate of drug-likeness (QED) is 0.855. The fourth-order valence-electron chi connectivity index (χ4n) is 2.15. The average molecular weight is 276 g/mol. The Balaban J connectivity index is 2.07. The lowest BCUT2D eigenvalue weighted by atomic mass is 9.85. The Hall–Kier alpha value is -0.960. The zero-order valence-electron chi connectivity index (χ0n) is 12.4. The summed E-state index contributed by atoms with van der Waals surface area (Å²) in [6.07, 6.45) is 2.26. The van der Waals surface area contributed by atoms with Gasteiger partial charge >= 0.3 is 0 Å². The molecule has 1 aliphatic heterocycles. The summed E-state index contributed by atoms with van der Waals surface area (Å²) in [7, 11) is 0. The van der Waals surface area contributed by atoms with Crippen LogP contribution in [-0.2, 0) is 6.42 Å². The largest absolute Gasteiger partial charge is 0.335 e. The van der Waals surface area contributed by atoms with Gasteiger partial charge in [-0.15, -0.1) is 0 Å². The van der Waals surface area contributed by atoms with Gasteiger partial charge in [0.1, 0.15) is 0 Å². The fraction of sp³-hybridized carbons (Fsp3) is 0.562. The molecule has 104 valence electrons. The number of benzene rings is 1. The van der Waals surface area contributed by atoms with E-state index in [1.54, 1.807) is 0 Å². The van der Waals surface area contributed by atoms with Crippen LogP contribution >= 0.6 is 11.8 Å².